The van der Waals surface area contributed by atoms with Crippen molar-refractivity contribution in [2.75, 3.05) is 23.8 Å². The van der Waals surface area contributed by atoms with Crippen molar-refractivity contribution in [3.63, 3.8) is 0 Å². The molecule has 0 saturated carbocycles. The minimum absolute atomic E-state index is 0.0505. The lowest BCUT2D eigenvalue weighted by Crippen LogP contribution is -2.44. The maximum absolute atomic E-state index is 13.3. The highest BCUT2D eigenvalue weighted by atomic mass is 35.5. The molecule has 0 aliphatic heterocycles. The lowest BCUT2D eigenvalue weighted by atomic mass is 10.0. The van der Waals surface area contributed by atoms with Gasteiger partial charge in [-0.15, -0.1) is 5.10 Å². The molecule has 13 nitrogen and oxygen atoms in total. The van der Waals surface area contributed by atoms with Gasteiger partial charge in [-0.05, 0) is 71.5 Å². The Morgan fingerprint density at radius 2 is 1.69 bits per heavy atom. The number of tetrazole rings is 1. The van der Waals surface area contributed by atoms with Crippen molar-refractivity contribution in [3.05, 3.63) is 101 Å². The average molecular weight is 632 g/mol. The summed E-state index contributed by atoms with van der Waals surface area (Å²) in [5, 5.41) is 19.7. The summed E-state index contributed by atoms with van der Waals surface area (Å²) >= 11 is 6.17. The number of nitrogens with zero attached hydrogens (tertiary/aromatic N) is 4. The van der Waals surface area contributed by atoms with E-state index in [1.54, 1.807) is 55.5 Å². The second-order valence-corrected chi connectivity index (χ2v) is 9.86. The summed E-state index contributed by atoms with van der Waals surface area (Å²) in [6.45, 7) is 1.81. The fourth-order valence-corrected chi connectivity index (χ4v) is 4.24. The van der Waals surface area contributed by atoms with E-state index in [1.807, 2.05) is 30.3 Å². The van der Waals surface area contributed by atoms with E-state index in [9.17, 15) is 19.2 Å². The van der Waals surface area contributed by atoms with Crippen LogP contribution in [0.25, 0.3) is 11.8 Å². The Morgan fingerprint density at radius 3 is 2.38 bits per heavy atom. The van der Waals surface area contributed by atoms with Crippen molar-refractivity contribution < 1.29 is 28.7 Å². The molecule has 3 aromatic carbocycles. The molecule has 0 radical (unpaired) electrons. The van der Waals surface area contributed by atoms with E-state index in [1.165, 1.54) is 17.1 Å². The topological polar surface area (TPSA) is 166 Å². The third-order valence-corrected chi connectivity index (χ3v) is 6.39. The van der Waals surface area contributed by atoms with E-state index in [2.05, 4.69) is 31.5 Å². The van der Waals surface area contributed by atoms with Gasteiger partial charge in [0, 0.05) is 34.5 Å². The third kappa shape index (κ3) is 10.3. The van der Waals surface area contributed by atoms with E-state index in [4.69, 9.17) is 21.1 Å². The van der Waals surface area contributed by atoms with Crippen molar-refractivity contribution in [1.29, 1.82) is 0 Å². The van der Waals surface area contributed by atoms with Crippen LogP contribution in [0.1, 0.15) is 24.5 Å². The van der Waals surface area contributed by atoms with Gasteiger partial charge in [-0.2, -0.15) is 4.68 Å². The van der Waals surface area contributed by atoms with Crippen LogP contribution in [0.2, 0.25) is 5.02 Å². The van der Waals surface area contributed by atoms with Crippen molar-refractivity contribution in [3.8, 4) is 5.69 Å². The van der Waals surface area contributed by atoms with Crippen LogP contribution in [0.4, 0.5) is 16.2 Å². The Balaban J connectivity index is 1.39. The van der Waals surface area contributed by atoms with Gasteiger partial charge in [0.15, 0.2) is 0 Å². The van der Waals surface area contributed by atoms with Gasteiger partial charge in [0.05, 0.1) is 18.7 Å². The molecule has 0 unspecified atom stereocenters. The number of halogens is 1. The molecule has 14 heteroatoms. The van der Waals surface area contributed by atoms with Gasteiger partial charge in [0.1, 0.15) is 19.0 Å². The fraction of sp³-hybridized carbons (Fsp3) is 0.194. The number of aromatic nitrogens is 4. The summed E-state index contributed by atoms with van der Waals surface area (Å²) in [6.07, 6.45) is 3.73. The highest BCUT2D eigenvalue weighted by Gasteiger charge is 2.21. The number of carbonyl (C=O) groups is 4. The number of amides is 3. The normalized spacial score (nSPS) is 11.4. The van der Waals surface area contributed by atoms with Crippen LogP contribution in [0.3, 0.4) is 0 Å². The van der Waals surface area contributed by atoms with Crippen LogP contribution in [0.15, 0.2) is 85.2 Å². The predicted octanol–water partition coefficient (Wildman–Crippen LogP) is 4.20. The Kier molecular flexibility index (Phi) is 11.7. The number of nitrogens with one attached hydrogen (secondary N) is 3. The SMILES string of the molecule is CCOC(=O)CCOC(=O)Nc1ccc(NC(=O)[C@H](Cc2ccccc2)NC(=O)/C=C/c2cc(Cl)ccc2-n2cnnn2)cc1. The Hall–Kier alpha value is -5.56. The maximum atomic E-state index is 13.3. The van der Waals surface area contributed by atoms with Gasteiger partial charge < -0.3 is 20.1 Å². The zero-order valence-electron chi connectivity index (χ0n) is 24.2. The molecule has 0 aliphatic rings. The van der Waals surface area contributed by atoms with Crippen molar-refractivity contribution in [1.82, 2.24) is 25.5 Å². The standard InChI is InChI=1S/C31H30ClN7O6/c1-2-44-29(41)16-17-45-31(43)35-25-12-10-24(11-13-25)34-30(42)26(18-21-6-4-3-5-7-21)36-28(40)15-8-22-19-23(32)9-14-27(22)39-20-33-37-38-39/h3-15,19-20,26H,2,16-18H2,1H3,(H,34,42)(H,35,43)(H,36,40)/b15-8+/t26-/m0/s1. The first-order valence-electron chi connectivity index (χ1n) is 13.9. The van der Waals surface area contributed by atoms with E-state index >= 15 is 0 Å². The lowest BCUT2D eigenvalue weighted by molar-refractivity contribution is -0.143. The second-order valence-electron chi connectivity index (χ2n) is 9.42. The molecule has 232 valence electrons. The fourth-order valence-electron chi connectivity index (χ4n) is 4.06. The maximum Gasteiger partial charge on any atom is 0.411 e. The van der Waals surface area contributed by atoms with Gasteiger partial charge in [-0.1, -0.05) is 41.9 Å². The molecule has 4 rings (SSSR count). The van der Waals surface area contributed by atoms with Crippen molar-refractivity contribution in [2.45, 2.75) is 25.8 Å². The molecular formula is C31H30ClN7O6. The summed E-state index contributed by atoms with van der Waals surface area (Å²) in [5.41, 5.74) is 2.89. The molecule has 3 amide bonds. The van der Waals surface area contributed by atoms with Crippen LogP contribution < -0.4 is 16.0 Å². The van der Waals surface area contributed by atoms with Gasteiger partial charge in [0.25, 0.3) is 0 Å². The number of benzene rings is 3. The molecule has 0 fully saturated rings. The first-order chi connectivity index (χ1) is 21.8. The van der Waals surface area contributed by atoms with Crippen molar-refractivity contribution in [2.24, 2.45) is 0 Å². The molecule has 4 aromatic rings. The smallest absolute Gasteiger partial charge is 0.411 e. The average Bonchev–Trinajstić information content (AvgIpc) is 3.56. The number of hydrogen-bond acceptors (Lipinski definition) is 9. The Morgan fingerprint density at radius 1 is 0.956 bits per heavy atom. The van der Waals surface area contributed by atoms with Gasteiger partial charge in [-0.3, -0.25) is 19.7 Å². The van der Waals surface area contributed by atoms with Crippen LogP contribution in [0, 0.1) is 0 Å². The minimum atomic E-state index is -0.921. The summed E-state index contributed by atoms with van der Waals surface area (Å²) in [4.78, 5) is 49.7. The molecular weight excluding hydrogens is 602 g/mol. The minimum Gasteiger partial charge on any atom is -0.466 e. The quantitative estimate of drug-likeness (QED) is 0.145. The number of esters is 1. The molecule has 3 N–H and O–H groups in total. The van der Waals surface area contributed by atoms with Crippen LogP contribution in [-0.2, 0) is 30.3 Å². The van der Waals surface area contributed by atoms with E-state index < -0.39 is 29.9 Å². The number of anilines is 2. The lowest BCUT2D eigenvalue weighted by Gasteiger charge is -2.18. The van der Waals surface area contributed by atoms with E-state index in [-0.39, 0.29) is 26.1 Å². The van der Waals surface area contributed by atoms with E-state index in [0.717, 1.165) is 5.56 Å². The second kappa shape index (κ2) is 16.3. The molecule has 1 heterocycles. The molecule has 45 heavy (non-hydrogen) atoms. The largest absolute Gasteiger partial charge is 0.466 e. The zero-order valence-corrected chi connectivity index (χ0v) is 24.9. The first kappa shape index (κ1) is 32.4. The Labute approximate surface area is 263 Å². The van der Waals surface area contributed by atoms with Crippen LogP contribution >= 0.6 is 11.6 Å². The molecule has 0 saturated heterocycles. The zero-order chi connectivity index (χ0) is 32.0. The summed E-state index contributed by atoms with van der Waals surface area (Å²) < 4.78 is 11.2. The van der Waals surface area contributed by atoms with Gasteiger partial charge in [-0.25, -0.2) is 4.79 Å². The van der Waals surface area contributed by atoms with Crippen LogP contribution in [0.5, 0.6) is 0 Å². The Bertz CT molecular complexity index is 1630. The first-order valence-corrected chi connectivity index (χ1v) is 14.2. The molecule has 0 bridgehead atoms. The van der Waals surface area contributed by atoms with Crippen LogP contribution in [-0.4, -0.2) is 63.3 Å². The monoisotopic (exact) mass is 631 g/mol. The summed E-state index contributed by atoms with van der Waals surface area (Å²) in [7, 11) is 0. The number of rotatable bonds is 13. The van der Waals surface area contributed by atoms with Gasteiger partial charge in [0.2, 0.25) is 11.8 Å². The predicted molar refractivity (Wildman–Crippen MR) is 167 cm³/mol. The summed E-state index contributed by atoms with van der Waals surface area (Å²) in [5.74, 6) is -1.41. The molecule has 1 atom stereocenters. The number of carbonyl (C=O) groups excluding carboxylic acids is 4. The molecule has 0 aliphatic carbocycles. The summed E-state index contributed by atoms with van der Waals surface area (Å²) in [6, 6.07) is 19.7. The van der Waals surface area contributed by atoms with Crippen molar-refractivity contribution >= 4 is 52.9 Å². The highest BCUT2D eigenvalue weighted by molar-refractivity contribution is 6.30. The number of ether oxygens (including phenoxy) is 2. The number of hydrogen-bond donors (Lipinski definition) is 3. The van der Waals surface area contributed by atoms with Gasteiger partial charge >= 0.3 is 12.1 Å². The third-order valence-electron chi connectivity index (χ3n) is 6.16. The van der Waals surface area contributed by atoms with E-state index in [0.29, 0.717) is 27.6 Å². The highest BCUT2D eigenvalue weighted by Crippen LogP contribution is 2.20. The molecule has 1 aromatic heterocycles. The molecule has 0 spiro atoms.